The van der Waals surface area contributed by atoms with Gasteiger partial charge in [0.25, 0.3) is 0 Å². The first-order valence-electron chi connectivity index (χ1n) is 13.2. The normalized spacial score (nSPS) is 15.5. The fourth-order valence-electron chi connectivity index (χ4n) is 4.93. The standard InChI is InChI=1S/C30H37N9/c1-7-21(17-22(8-2)32-20(3)19-37(4)5)24-9-10-26-28(34-24)29(36-35-26)27-18-23-25(33-27)11-12-31-30(23)39-15-13-38(6)14-16-39/h7-12,17-18,32-33H,2-3,13-16,19H2,1,4-6H3,(H,35,36)/b21-7+,22-17+. The molecule has 9 heteroatoms. The van der Waals surface area contributed by atoms with Crippen molar-refractivity contribution >= 4 is 33.3 Å². The van der Waals surface area contributed by atoms with Crippen molar-refractivity contribution in [3.8, 4) is 11.4 Å². The molecule has 1 aliphatic heterocycles. The van der Waals surface area contributed by atoms with Gasteiger partial charge >= 0.3 is 0 Å². The second-order valence-corrected chi connectivity index (χ2v) is 10.2. The van der Waals surface area contributed by atoms with E-state index in [-0.39, 0.29) is 0 Å². The van der Waals surface area contributed by atoms with Crippen LogP contribution in [0.15, 0.2) is 73.2 Å². The summed E-state index contributed by atoms with van der Waals surface area (Å²) < 4.78 is 0. The fourth-order valence-corrected chi connectivity index (χ4v) is 4.93. The number of aromatic nitrogens is 5. The zero-order chi connectivity index (χ0) is 27.5. The Bertz CT molecular complexity index is 1560. The summed E-state index contributed by atoms with van der Waals surface area (Å²) in [5.41, 5.74) is 8.01. The Morgan fingerprint density at radius 2 is 1.95 bits per heavy atom. The summed E-state index contributed by atoms with van der Waals surface area (Å²) in [6.45, 7) is 14.8. The van der Waals surface area contributed by atoms with E-state index in [2.05, 4.69) is 61.5 Å². The molecule has 4 aromatic heterocycles. The smallest absolute Gasteiger partial charge is 0.138 e. The van der Waals surface area contributed by atoms with E-state index >= 15 is 0 Å². The third-order valence-electron chi connectivity index (χ3n) is 6.96. The minimum absolute atomic E-state index is 0.732. The van der Waals surface area contributed by atoms with Crippen molar-refractivity contribution in [2.45, 2.75) is 6.92 Å². The zero-order valence-corrected chi connectivity index (χ0v) is 23.3. The molecule has 0 unspecified atom stereocenters. The first-order valence-corrected chi connectivity index (χ1v) is 13.2. The van der Waals surface area contributed by atoms with Gasteiger partial charge in [-0.3, -0.25) is 5.10 Å². The van der Waals surface area contributed by atoms with Crippen molar-refractivity contribution < 1.29 is 0 Å². The van der Waals surface area contributed by atoms with Crippen molar-refractivity contribution in [1.82, 2.24) is 40.3 Å². The summed E-state index contributed by atoms with van der Waals surface area (Å²) in [5, 5.41) is 12.2. The van der Waals surface area contributed by atoms with E-state index in [0.717, 1.165) is 94.5 Å². The average Bonchev–Trinajstić information content (AvgIpc) is 3.54. The number of pyridine rings is 2. The number of allylic oxidation sites excluding steroid dienone is 4. The first kappa shape index (κ1) is 26.4. The topological polar surface area (TPSA) is 92.0 Å². The maximum absolute atomic E-state index is 5.04. The highest BCUT2D eigenvalue weighted by Gasteiger charge is 2.20. The van der Waals surface area contributed by atoms with Crippen molar-refractivity contribution in [3.63, 3.8) is 0 Å². The third kappa shape index (κ3) is 5.64. The predicted molar refractivity (Wildman–Crippen MR) is 161 cm³/mol. The van der Waals surface area contributed by atoms with Crippen LogP contribution in [0.25, 0.3) is 38.9 Å². The first-order chi connectivity index (χ1) is 18.9. The van der Waals surface area contributed by atoms with Crippen LogP contribution >= 0.6 is 0 Å². The number of anilines is 1. The molecule has 202 valence electrons. The Labute approximate surface area is 229 Å². The number of nitrogens with one attached hydrogen (secondary N) is 3. The van der Waals surface area contributed by atoms with Gasteiger partial charge in [-0.25, -0.2) is 9.97 Å². The Hall–Kier alpha value is -4.21. The number of likely N-dealkylation sites (N-methyl/N-ethyl adjacent to an activating group) is 2. The van der Waals surface area contributed by atoms with Gasteiger partial charge in [-0.1, -0.05) is 19.2 Å². The lowest BCUT2D eigenvalue weighted by Gasteiger charge is -2.33. The van der Waals surface area contributed by atoms with Gasteiger partial charge in [0.15, 0.2) is 0 Å². The van der Waals surface area contributed by atoms with Crippen LogP contribution in [0.3, 0.4) is 0 Å². The molecule has 4 aromatic rings. The Morgan fingerprint density at radius 3 is 2.67 bits per heavy atom. The van der Waals surface area contributed by atoms with Gasteiger partial charge in [0.2, 0.25) is 0 Å². The second-order valence-electron chi connectivity index (χ2n) is 10.2. The molecule has 0 aromatic carbocycles. The van der Waals surface area contributed by atoms with Crippen LogP contribution in [-0.2, 0) is 0 Å². The van der Waals surface area contributed by atoms with E-state index in [0.29, 0.717) is 0 Å². The van der Waals surface area contributed by atoms with Crippen LogP contribution in [0, 0.1) is 0 Å². The molecule has 0 bridgehead atoms. The molecule has 5 rings (SSSR count). The molecule has 1 aliphatic rings. The van der Waals surface area contributed by atoms with Crippen LogP contribution in [0.4, 0.5) is 5.82 Å². The summed E-state index contributed by atoms with van der Waals surface area (Å²) in [6, 6.07) is 8.19. The van der Waals surface area contributed by atoms with E-state index in [1.165, 1.54) is 0 Å². The molecular formula is C30H37N9. The number of hydrogen-bond donors (Lipinski definition) is 3. The van der Waals surface area contributed by atoms with Crippen molar-refractivity contribution in [2.75, 3.05) is 58.8 Å². The molecule has 0 atom stereocenters. The van der Waals surface area contributed by atoms with Crippen LogP contribution in [0.2, 0.25) is 0 Å². The lowest BCUT2D eigenvalue weighted by atomic mass is 10.1. The van der Waals surface area contributed by atoms with Crippen molar-refractivity contribution in [3.05, 3.63) is 78.9 Å². The van der Waals surface area contributed by atoms with Crippen LogP contribution in [0.1, 0.15) is 12.6 Å². The minimum atomic E-state index is 0.732. The lowest BCUT2D eigenvalue weighted by Crippen LogP contribution is -2.44. The highest BCUT2D eigenvalue weighted by Crippen LogP contribution is 2.32. The summed E-state index contributed by atoms with van der Waals surface area (Å²) in [7, 11) is 6.19. The fraction of sp³-hybridized carbons (Fsp3) is 0.300. The minimum Gasteiger partial charge on any atom is -0.358 e. The Balaban J connectivity index is 1.48. The Kier molecular flexibility index (Phi) is 7.63. The number of piperazine rings is 1. The van der Waals surface area contributed by atoms with Gasteiger partial charge in [-0.15, -0.1) is 0 Å². The summed E-state index contributed by atoms with van der Waals surface area (Å²) in [5.74, 6) is 1.01. The molecule has 1 saturated heterocycles. The van der Waals surface area contributed by atoms with Gasteiger partial charge in [0.1, 0.15) is 17.0 Å². The molecule has 0 radical (unpaired) electrons. The molecule has 0 spiro atoms. The number of nitrogens with zero attached hydrogens (tertiary/aromatic N) is 6. The second kappa shape index (κ2) is 11.3. The lowest BCUT2D eigenvalue weighted by molar-refractivity contribution is 0.312. The van der Waals surface area contributed by atoms with Crippen LogP contribution in [0.5, 0.6) is 0 Å². The van der Waals surface area contributed by atoms with E-state index in [9.17, 15) is 0 Å². The molecule has 1 fully saturated rings. The van der Waals surface area contributed by atoms with Crippen molar-refractivity contribution in [2.24, 2.45) is 0 Å². The average molecular weight is 524 g/mol. The monoisotopic (exact) mass is 523 g/mol. The molecule has 39 heavy (non-hydrogen) atoms. The van der Waals surface area contributed by atoms with Gasteiger partial charge in [0, 0.05) is 55.7 Å². The SMILES string of the molecule is C=C/C(=C\C(=C/C)c1ccc2[nH]nc(-c3cc4c(N5CCN(C)CC5)nccc4[nH]3)c2n1)NC(=C)CN(C)C. The van der Waals surface area contributed by atoms with Crippen LogP contribution < -0.4 is 10.2 Å². The molecule has 0 amide bonds. The number of rotatable bonds is 9. The van der Waals surface area contributed by atoms with E-state index < -0.39 is 0 Å². The number of fused-ring (bicyclic) bond motifs is 2. The highest BCUT2D eigenvalue weighted by atomic mass is 15.3. The molecule has 0 saturated carbocycles. The number of hydrogen-bond acceptors (Lipinski definition) is 7. The van der Waals surface area contributed by atoms with Gasteiger partial charge in [-0.05, 0) is 70.1 Å². The molecular weight excluding hydrogens is 486 g/mol. The zero-order valence-electron chi connectivity index (χ0n) is 23.3. The van der Waals surface area contributed by atoms with Crippen molar-refractivity contribution in [1.29, 1.82) is 0 Å². The largest absolute Gasteiger partial charge is 0.358 e. The predicted octanol–water partition coefficient (Wildman–Crippen LogP) is 4.39. The summed E-state index contributed by atoms with van der Waals surface area (Å²) >= 11 is 0. The van der Waals surface area contributed by atoms with E-state index in [4.69, 9.17) is 9.97 Å². The summed E-state index contributed by atoms with van der Waals surface area (Å²) in [6.07, 6.45) is 7.75. The van der Waals surface area contributed by atoms with E-state index in [1.54, 1.807) is 6.08 Å². The molecule has 5 heterocycles. The maximum atomic E-state index is 5.04. The third-order valence-corrected chi connectivity index (χ3v) is 6.96. The Morgan fingerprint density at radius 1 is 1.15 bits per heavy atom. The number of H-pyrrole nitrogens is 2. The van der Waals surface area contributed by atoms with Gasteiger partial charge < -0.3 is 25.0 Å². The molecule has 9 nitrogen and oxygen atoms in total. The summed E-state index contributed by atoms with van der Waals surface area (Å²) in [4.78, 5) is 20.1. The molecule has 0 aliphatic carbocycles. The number of aromatic amines is 2. The van der Waals surface area contributed by atoms with E-state index in [1.807, 2.05) is 57.6 Å². The van der Waals surface area contributed by atoms with Crippen LogP contribution in [-0.4, -0.2) is 88.8 Å². The quantitative estimate of drug-likeness (QED) is 0.280. The molecule has 3 N–H and O–H groups in total. The highest BCUT2D eigenvalue weighted by molar-refractivity contribution is 5.98. The maximum Gasteiger partial charge on any atom is 0.138 e. The van der Waals surface area contributed by atoms with Gasteiger partial charge in [0.05, 0.1) is 22.4 Å². The van der Waals surface area contributed by atoms with Gasteiger partial charge in [-0.2, -0.15) is 5.10 Å².